The van der Waals surface area contributed by atoms with Gasteiger partial charge >= 0.3 is 0 Å². The summed E-state index contributed by atoms with van der Waals surface area (Å²) >= 11 is 1.92. The largest absolute Gasteiger partial charge is 0.301 e. The lowest BCUT2D eigenvalue weighted by Gasteiger charge is -2.32. The predicted octanol–water partition coefficient (Wildman–Crippen LogP) is 5.24. The summed E-state index contributed by atoms with van der Waals surface area (Å²) in [5, 5.41) is 1.35. The summed E-state index contributed by atoms with van der Waals surface area (Å²) in [5.74, 6) is 0.425. The van der Waals surface area contributed by atoms with Gasteiger partial charge in [0.1, 0.15) is 0 Å². The van der Waals surface area contributed by atoms with Crippen LogP contribution < -0.4 is 0 Å². The Morgan fingerprint density at radius 3 is 2.81 bits per heavy atom. The molecule has 1 aliphatic rings. The molecule has 0 radical (unpaired) electrons. The van der Waals surface area contributed by atoms with Crippen LogP contribution in [0.15, 0.2) is 60.9 Å². The molecule has 0 saturated heterocycles. The van der Waals surface area contributed by atoms with E-state index in [4.69, 9.17) is 0 Å². The predicted molar refractivity (Wildman–Crippen MR) is 112 cm³/mol. The first-order valence-electron chi connectivity index (χ1n) is 9.26. The maximum atomic E-state index is 4.64. The third kappa shape index (κ3) is 3.05. The molecule has 134 valence electrons. The summed E-state index contributed by atoms with van der Waals surface area (Å²) in [6.07, 6.45) is 3.65. The molecule has 1 atom stereocenters. The molecule has 0 fully saturated rings. The van der Waals surface area contributed by atoms with E-state index in [1.165, 1.54) is 26.1 Å². The van der Waals surface area contributed by atoms with Crippen molar-refractivity contribution in [3.63, 3.8) is 0 Å². The number of hydrogen-bond donors (Lipinski definition) is 0. The van der Waals surface area contributed by atoms with Crippen molar-refractivity contribution in [3.05, 3.63) is 82.6 Å². The highest BCUT2D eigenvalue weighted by Gasteiger charge is 2.26. The summed E-state index contributed by atoms with van der Waals surface area (Å²) in [5.41, 5.74) is 5.89. The van der Waals surface area contributed by atoms with Crippen molar-refractivity contribution in [3.8, 4) is 11.3 Å². The fraction of sp³-hybridized carbons (Fsp3) is 0.217. The zero-order valence-corrected chi connectivity index (χ0v) is 16.3. The Bertz CT molecular complexity index is 1100. The summed E-state index contributed by atoms with van der Waals surface area (Å²) < 4.78 is 1.37. The van der Waals surface area contributed by atoms with Gasteiger partial charge in [0.15, 0.2) is 0 Å². The summed E-state index contributed by atoms with van der Waals surface area (Å²) in [4.78, 5) is 12.8. The first kappa shape index (κ1) is 16.6. The average Bonchev–Trinajstić information content (AvgIpc) is 3.11. The van der Waals surface area contributed by atoms with Crippen molar-refractivity contribution in [1.82, 2.24) is 14.9 Å². The van der Waals surface area contributed by atoms with Gasteiger partial charge in [0.2, 0.25) is 0 Å². The van der Waals surface area contributed by atoms with Crippen LogP contribution in [0, 0.1) is 6.92 Å². The smallest absolute Gasteiger partial charge is 0.0888 e. The molecule has 3 nitrogen and oxygen atoms in total. The number of benzene rings is 2. The highest BCUT2D eigenvalue weighted by Crippen LogP contribution is 2.39. The fourth-order valence-corrected chi connectivity index (χ4v) is 5.20. The van der Waals surface area contributed by atoms with E-state index in [1.54, 1.807) is 6.20 Å². The topological polar surface area (TPSA) is 29.0 Å². The highest BCUT2D eigenvalue weighted by molar-refractivity contribution is 7.19. The summed E-state index contributed by atoms with van der Waals surface area (Å²) in [6, 6.07) is 17.8. The molecule has 4 heteroatoms. The second-order valence-electron chi connectivity index (χ2n) is 7.40. The maximum absolute atomic E-state index is 4.64. The van der Waals surface area contributed by atoms with Crippen LogP contribution in [0.4, 0.5) is 0 Å². The van der Waals surface area contributed by atoms with Crippen LogP contribution in [0.3, 0.4) is 0 Å². The normalized spacial score (nSPS) is 17.2. The van der Waals surface area contributed by atoms with E-state index in [0.29, 0.717) is 5.92 Å². The van der Waals surface area contributed by atoms with Gasteiger partial charge in [-0.25, -0.2) is 4.98 Å². The van der Waals surface area contributed by atoms with Gasteiger partial charge in [-0.15, -0.1) is 11.3 Å². The van der Waals surface area contributed by atoms with Gasteiger partial charge in [0.25, 0.3) is 0 Å². The molecule has 0 amide bonds. The van der Waals surface area contributed by atoms with Crippen LogP contribution in [0.25, 0.3) is 21.3 Å². The molecule has 2 aromatic heterocycles. The SMILES string of the molecule is Cc1cncc(-c2ccc3c(c2)CN(C)CC3c2cc3ccccc3s2)n1. The number of nitrogens with zero attached hydrogens (tertiary/aromatic N) is 3. The van der Waals surface area contributed by atoms with Crippen LogP contribution in [0.5, 0.6) is 0 Å². The Morgan fingerprint density at radius 2 is 1.96 bits per heavy atom. The average molecular weight is 372 g/mol. The molecule has 4 aromatic rings. The third-order valence-corrected chi connectivity index (χ3v) is 6.52. The van der Waals surface area contributed by atoms with Crippen LogP contribution in [-0.4, -0.2) is 28.5 Å². The Labute approximate surface area is 163 Å². The number of fused-ring (bicyclic) bond motifs is 2. The molecule has 27 heavy (non-hydrogen) atoms. The van der Waals surface area contributed by atoms with Crippen molar-refractivity contribution in [2.24, 2.45) is 0 Å². The Balaban J connectivity index is 1.59. The Morgan fingerprint density at radius 1 is 1.07 bits per heavy atom. The van der Waals surface area contributed by atoms with Crippen LogP contribution in [-0.2, 0) is 6.54 Å². The van der Waals surface area contributed by atoms with E-state index in [1.807, 2.05) is 24.5 Å². The summed E-state index contributed by atoms with van der Waals surface area (Å²) in [6.45, 7) is 4.02. The quantitative estimate of drug-likeness (QED) is 0.482. The molecule has 0 bridgehead atoms. The van der Waals surface area contributed by atoms with E-state index in [2.05, 4.69) is 70.4 Å². The lowest BCUT2D eigenvalue weighted by atomic mass is 9.87. The van der Waals surface area contributed by atoms with Crippen LogP contribution in [0.1, 0.15) is 27.6 Å². The van der Waals surface area contributed by atoms with Gasteiger partial charge < -0.3 is 4.90 Å². The fourth-order valence-electron chi connectivity index (χ4n) is 4.03. The molecule has 0 aliphatic carbocycles. The first-order chi connectivity index (χ1) is 13.2. The number of thiophene rings is 1. The molecule has 0 N–H and O–H groups in total. The number of hydrogen-bond acceptors (Lipinski definition) is 4. The molecule has 3 heterocycles. The Hall–Kier alpha value is -2.56. The minimum Gasteiger partial charge on any atom is -0.301 e. The van der Waals surface area contributed by atoms with Crippen molar-refractivity contribution in [2.45, 2.75) is 19.4 Å². The Kier molecular flexibility index (Phi) is 4.03. The molecule has 1 aliphatic heterocycles. The second kappa shape index (κ2) is 6.55. The van der Waals surface area contributed by atoms with E-state index in [0.717, 1.165) is 30.0 Å². The second-order valence-corrected chi connectivity index (χ2v) is 8.51. The summed E-state index contributed by atoms with van der Waals surface area (Å²) in [7, 11) is 2.21. The zero-order valence-electron chi connectivity index (χ0n) is 15.5. The van der Waals surface area contributed by atoms with Gasteiger partial charge in [-0.1, -0.05) is 30.3 Å². The number of aromatic nitrogens is 2. The van der Waals surface area contributed by atoms with Crippen LogP contribution in [0.2, 0.25) is 0 Å². The molecule has 2 aromatic carbocycles. The number of rotatable bonds is 2. The van der Waals surface area contributed by atoms with Gasteiger partial charge in [0.05, 0.1) is 17.6 Å². The third-order valence-electron chi connectivity index (χ3n) is 5.29. The van der Waals surface area contributed by atoms with Crippen molar-refractivity contribution in [1.29, 1.82) is 0 Å². The van der Waals surface area contributed by atoms with E-state index in [9.17, 15) is 0 Å². The molecule has 5 rings (SSSR count). The highest BCUT2D eigenvalue weighted by atomic mass is 32.1. The lowest BCUT2D eigenvalue weighted by Crippen LogP contribution is -2.30. The van der Waals surface area contributed by atoms with Crippen molar-refractivity contribution >= 4 is 21.4 Å². The monoisotopic (exact) mass is 371 g/mol. The van der Waals surface area contributed by atoms with Crippen molar-refractivity contribution in [2.75, 3.05) is 13.6 Å². The lowest BCUT2D eigenvalue weighted by molar-refractivity contribution is 0.296. The number of aryl methyl sites for hydroxylation is 1. The molecule has 0 saturated carbocycles. The molecular formula is C23H21N3S. The molecular weight excluding hydrogens is 350 g/mol. The van der Waals surface area contributed by atoms with Gasteiger partial charge in [0, 0.05) is 40.3 Å². The first-order valence-corrected chi connectivity index (χ1v) is 10.1. The van der Waals surface area contributed by atoms with Crippen LogP contribution >= 0.6 is 11.3 Å². The van der Waals surface area contributed by atoms with E-state index < -0.39 is 0 Å². The zero-order chi connectivity index (χ0) is 18.4. The standard InChI is InChI=1S/C23H21N3S/c1-15-11-24-12-21(25-15)16-7-8-19-18(9-16)13-26(2)14-20(19)23-10-17-5-3-4-6-22(17)27-23/h3-12,20H,13-14H2,1-2H3. The van der Waals surface area contributed by atoms with Gasteiger partial charge in [-0.3, -0.25) is 4.98 Å². The maximum Gasteiger partial charge on any atom is 0.0888 e. The number of likely N-dealkylation sites (N-methyl/N-ethyl adjacent to an activating group) is 1. The molecule has 1 unspecified atom stereocenters. The van der Waals surface area contributed by atoms with E-state index in [-0.39, 0.29) is 0 Å². The molecule has 0 spiro atoms. The van der Waals surface area contributed by atoms with E-state index >= 15 is 0 Å². The van der Waals surface area contributed by atoms with Gasteiger partial charge in [-0.05, 0) is 48.7 Å². The van der Waals surface area contributed by atoms with Crippen molar-refractivity contribution < 1.29 is 0 Å². The minimum atomic E-state index is 0.425. The van der Waals surface area contributed by atoms with Gasteiger partial charge in [-0.2, -0.15) is 0 Å². The minimum absolute atomic E-state index is 0.425.